The molecule has 3 aromatic carbocycles. The van der Waals surface area contributed by atoms with Crippen molar-refractivity contribution >= 4 is 11.7 Å². The van der Waals surface area contributed by atoms with Gasteiger partial charge in [-0.3, -0.25) is 4.90 Å². The molecule has 0 fully saturated rings. The van der Waals surface area contributed by atoms with Gasteiger partial charge in [-0.15, -0.1) is 0 Å². The van der Waals surface area contributed by atoms with Gasteiger partial charge in [-0.2, -0.15) is 18.3 Å². The van der Waals surface area contributed by atoms with E-state index < -0.39 is 40.6 Å². The van der Waals surface area contributed by atoms with Crippen LogP contribution in [0.15, 0.2) is 48.5 Å². The maximum absolute atomic E-state index is 15.9. The summed E-state index contributed by atoms with van der Waals surface area (Å²) in [5, 5.41) is 7.14. The molecule has 44 heavy (non-hydrogen) atoms. The number of para-hydroxylation sites is 1. The molecule has 0 saturated carbocycles. The van der Waals surface area contributed by atoms with E-state index in [1.807, 2.05) is 50.8 Å². The number of hydrogen-bond donors (Lipinski definition) is 2. The third-order valence-corrected chi connectivity index (χ3v) is 8.49. The largest absolute Gasteiger partial charge is 0.416 e. The van der Waals surface area contributed by atoms with Crippen LogP contribution in [0.3, 0.4) is 0 Å². The number of benzene rings is 3. The lowest BCUT2D eigenvalue weighted by Crippen LogP contribution is -2.36. The zero-order chi connectivity index (χ0) is 32.1. The molecule has 11 heteroatoms. The minimum Gasteiger partial charge on any atom is -0.351 e. The first-order chi connectivity index (χ1) is 20.7. The average Bonchev–Trinajstić information content (AvgIpc) is 3.43. The summed E-state index contributed by atoms with van der Waals surface area (Å²) in [6, 6.07) is 10.4. The van der Waals surface area contributed by atoms with Crippen LogP contribution in [0.25, 0.3) is 16.9 Å². The minimum absolute atomic E-state index is 0.0628. The Balaban J connectivity index is 1.71. The molecule has 232 valence electrons. The highest BCUT2D eigenvalue weighted by atomic mass is 19.4. The summed E-state index contributed by atoms with van der Waals surface area (Å²) in [5.41, 5.74) is 8.70. The van der Waals surface area contributed by atoms with Gasteiger partial charge in [0.1, 0.15) is 11.6 Å². The summed E-state index contributed by atoms with van der Waals surface area (Å²) in [6.45, 7) is 10.0. The van der Waals surface area contributed by atoms with E-state index in [-0.39, 0.29) is 18.7 Å². The van der Waals surface area contributed by atoms with Crippen LogP contribution < -0.4 is 11.1 Å². The molecule has 0 atom stereocenters. The molecule has 0 aliphatic carbocycles. The van der Waals surface area contributed by atoms with Gasteiger partial charge in [0.25, 0.3) is 0 Å². The van der Waals surface area contributed by atoms with Crippen molar-refractivity contribution in [3.05, 3.63) is 99.2 Å². The second-order valence-electron chi connectivity index (χ2n) is 11.6. The third kappa shape index (κ3) is 5.45. The number of carbonyl (C=O) groups is 1. The van der Waals surface area contributed by atoms with Crippen molar-refractivity contribution in [1.29, 1.82) is 0 Å². The van der Waals surface area contributed by atoms with Gasteiger partial charge >= 0.3 is 12.2 Å². The van der Waals surface area contributed by atoms with E-state index in [0.717, 1.165) is 41.1 Å². The first kappa shape index (κ1) is 31.2. The van der Waals surface area contributed by atoms with Crippen molar-refractivity contribution in [2.24, 2.45) is 5.73 Å². The van der Waals surface area contributed by atoms with Crippen molar-refractivity contribution in [3.63, 3.8) is 0 Å². The van der Waals surface area contributed by atoms with Crippen molar-refractivity contribution < 1.29 is 26.7 Å². The van der Waals surface area contributed by atoms with Gasteiger partial charge < -0.3 is 11.1 Å². The number of amides is 2. The maximum atomic E-state index is 15.9. The van der Waals surface area contributed by atoms with E-state index in [4.69, 9.17) is 10.8 Å². The summed E-state index contributed by atoms with van der Waals surface area (Å²) in [7, 11) is 0. The molecule has 1 aliphatic rings. The first-order valence-electron chi connectivity index (χ1n) is 14.4. The number of fused-ring (bicyclic) bond motifs is 1. The molecule has 5 rings (SSSR count). The molecular formula is C33H34F5N5O. The lowest BCUT2D eigenvalue weighted by Gasteiger charge is -2.32. The Kier molecular flexibility index (Phi) is 8.04. The van der Waals surface area contributed by atoms with Crippen molar-refractivity contribution in [2.45, 2.75) is 72.3 Å². The molecule has 0 saturated heterocycles. The highest BCUT2D eigenvalue weighted by Crippen LogP contribution is 2.46. The van der Waals surface area contributed by atoms with Gasteiger partial charge in [0.05, 0.1) is 33.9 Å². The Hall–Kier alpha value is -4.25. The van der Waals surface area contributed by atoms with Crippen LogP contribution >= 0.6 is 0 Å². The second-order valence-corrected chi connectivity index (χ2v) is 11.6. The number of nitrogens with zero attached hydrogens (tertiary/aromatic N) is 3. The lowest BCUT2D eigenvalue weighted by molar-refractivity contribution is -0.137. The van der Waals surface area contributed by atoms with Gasteiger partial charge in [-0.1, -0.05) is 38.1 Å². The fourth-order valence-electron chi connectivity index (χ4n) is 5.99. The average molecular weight is 612 g/mol. The summed E-state index contributed by atoms with van der Waals surface area (Å²) < 4.78 is 73.5. The number of nitrogens with two attached hydrogens (primary N) is 1. The smallest absolute Gasteiger partial charge is 0.351 e. The quantitative estimate of drug-likeness (QED) is 0.208. The van der Waals surface area contributed by atoms with E-state index in [9.17, 15) is 18.0 Å². The number of hydrogen-bond acceptors (Lipinski definition) is 3. The maximum Gasteiger partial charge on any atom is 0.416 e. The zero-order valence-corrected chi connectivity index (χ0v) is 25.2. The number of carbonyl (C=O) groups excluding carboxylic acids is 1. The van der Waals surface area contributed by atoms with E-state index >= 15 is 8.78 Å². The number of rotatable bonds is 7. The Morgan fingerprint density at radius 1 is 1.00 bits per heavy atom. The number of nitrogens with one attached hydrogen (secondary N) is 1. The summed E-state index contributed by atoms with van der Waals surface area (Å²) in [6.07, 6.45) is -3.16. The molecule has 0 bridgehead atoms. The summed E-state index contributed by atoms with van der Waals surface area (Å²) in [5.74, 6) is -1.67. The zero-order valence-electron chi connectivity index (χ0n) is 25.2. The third-order valence-electron chi connectivity index (χ3n) is 8.49. The highest BCUT2D eigenvalue weighted by molar-refractivity contribution is 5.88. The van der Waals surface area contributed by atoms with Crippen LogP contribution in [-0.4, -0.2) is 20.7 Å². The lowest BCUT2D eigenvalue weighted by atomic mass is 9.97. The van der Waals surface area contributed by atoms with E-state index in [1.54, 1.807) is 11.6 Å². The predicted molar refractivity (Wildman–Crippen MR) is 159 cm³/mol. The van der Waals surface area contributed by atoms with Crippen LogP contribution in [0.1, 0.15) is 66.8 Å². The molecule has 0 radical (unpaired) electrons. The Morgan fingerprint density at radius 3 is 2.25 bits per heavy atom. The van der Waals surface area contributed by atoms with Crippen LogP contribution in [-0.2, 0) is 37.6 Å². The Bertz CT molecular complexity index is 1740. The monoisotopic (exact) mass is 611 g/mol. The fraction of sp³-hybridized carbons (Fsp3) is 0.333. The molecule has 6 nitrogen and oxygen atoms in total. The summed E-state index contributed by atoms with van der Waals surface area (Å²) in [4.78, 5) is 13.4. The van der Waals surface area contributed by atoms with Gasteiger partial charge in [0, 0.05) is 30.3 Å². The standard InChI is InChI=1S/C33H34F5N5O/c1-6-19-9-8-10-20(7-2)28(19)43-29(23-14-26(35)27(15-25(23)34)40-31(39)44)24-17-42(32(4,5)30(24)41-43)16-21-13-22(33(36,37)38)12-11-18(21)3/h8-15H,6-7,16-17H2,1-5H3,(H3,39,40,44). The number of primary amides is 1. The second kappa shape index (κ2) is 11.4. The van der Waals surface area contributed by atoms with Gasteiger partial charge in [0.2, 0.25) is 0 Å². The minimum atomic E-state index is -4.49. The number of urea groups is 1. The van der Waals surface area contributed by atoms with E-state index in [2.05, 4.69) is 5.32 Å². The first-order valence-corrected chi connectivity index (χ1v) is 14.4. The van der Waals surface area contributed by atoms with Crippen LogP contribution in [0.4, 0.5) is 32.4 Å². The molecule has 2 amide bonds. The summed E-state index contributed by atoms with van der Waals surface area (Å²) >= 11 is 0. The topological polar surface area (TPSA) is 76.2 Å². The van der Waals surface area contributed by atoms with Crippen LogP contribution in [0.2, 0.25) is 0 Å². The fourth-order valence-corrected chi connectivity index (χ4v) is 5.99. The van der Waals surface area contributed by atoms with Crippen LogP contribution in [0, 0.1) is 18.6 Å². The van der Waals surface area contributed by atoms with Crippen molar-refractivity contribution in [3.8, 4) is 16.9 Å². The Morgan fingerprint density at radius 2 is 1.66 bits per heavy atom. The number of aryl methyl sites for hydroxylation is 3. The molecule has 1 aliphatic heterocycles. The van der Waals surface area contributed by atoms with Gasteiger partial charge in [-0.25, -0.2) is 18.3 Å². The predicted octanol–water partition coefficient (Wildman–Crippen LogP) is 8.01. The molecule has 2 heterocycles. The van der Waals surface area contributed by atoms with Crippen molar-refractivity contribution in [1.82, 2.24) is 14.7 Å². The normalized spacial score (nSPS) is 14.6. The molecule has 0 unspecified atom stereocenters. The molecular weight excluding hydrogens is 577 g/mol. The number of halogens is 5. The van der Waals surface area contributed by atoms with Crippen LogP contribution in [0.5, 0.6) is 0 Å². The molecule has 1 aromatic heterocycles. The highest BCUT2D eigenvalue weighted by Gasteiger charge is 2.44. The Labute approximate surface area is 252 Å². The molecule has 0 spiro atoms. The van der Waals surface area contributed by atoms with Crippen molar-refractivity contribution in [2.75, 3.05) is 5.32 Å². The number of alkyl halides is 3. The van der Waals surface area contributed by atoms with E-state index in [1.165, 1.54) is 6.07 Å². The number of anilines is 1. The molecule has 4 aromatic rings. The van der Waals surface area contributed by atoms with Gasteiger partial charge in [0.15, 0.2) is 0 Å². The molecule has 3 N–H and O–H groups in total. The number of aromatic nitrogens is 2. The van der Waals surface area contributed by atoms with Gasteiger partial charge in [-0.05, 0) is 74.1 Å². The SMILES string of the molecule is CCc1cccc(CC)c1-n1nc2c(c1-c1cc(F)c(NC(N)=O)cc1F)CN(Cc1cc(C(F)(F)F)ccc1C)C2(C)C. The van der Waals surface area contributed by atoms with E-state index in [0.29, 0.717) is 40.9 Å².